The maximum absolute atomic E-state index is 12.6. The van der Waals surface area contributed by atoms with Gasteiger partial charge in [-0.25, -0.2) is 9.78 Å². The van der Waals surface area contributed by atoms with E-state index in [1.165, 1.54) is 12.1 Å². The molecule has 0 radical (unpaired) electrons. The molecule has 0 unspecified atom stereocenters. The van der Waals surface area contributed by atoms with Crippen molar-refractivity contribution in [2.45, 2.75) is 6.18 Å². The van der Waals surface area contributed by atoms with Crippen LogP contribution in [0.2, 0.25) is 0 Å². The molecule has 1 aromatic heterocycles. The molecule has 0 aliphatic heterocycles. The molecule has 1 heterocycles. The van der Waals surface area contributed by atoms with Gasteiger partial charge >= 0.3 is 12.1 Å². The van der Waals surface area contributed by atoms with Crippen LogP contribution in [0.5, 0.6) is 11.6 Å². The Morgan fingerprint density at radius 2 is 2.00 bits per heavy atom. The minimum absolute atomic E-state index is 0.0705. The van der Waals surface area contributed by atoms with E-state index >= 15 is 0 Å². The number of nitrogens with two attached hydrogens (primary N) is 1. The van der Waals surface area contributed by atoms with E-state index < -0.39 is 17.7 Å². The maximum atomic E-state index is 12.6. The lowest BCUT2D eigenvalue weighted by atomic mass is 10.2. The normalized spacial score (nSPS) is 11.2. The number of nitrogen functional groups attached to an aromatic ring is 1. The zero-order chi connectivity index (χ0) is 15.6. The standard InChI is InChI=1S/C13H9F3N2O3/c14-13(15,16)7-2-1-3-8(4-7)21-11-5-9(12(19)20)10(17)6-18-11/h1-6H,17H2,(H,19,20). The predicted octanol–water partition coefficient (Wildman–Crippen LogP) is 3.17. The van der Waals surface area contributed by atoms with Crippen LogP contribution in [-0.2, 0) is 6.18 Å². The lowest BCUT2D eigenvalue weighted by Gasteiger charge is -2.10. The number of aromatic nitrogens is 1. The van der Waals surface area contributed by atoms with Crippen LogP contribution in [0.4, 0.5) is 18.9 Å². The van der Waals surface area contributed by atoms with Gasteiger partial charge in [0.05, 0.1) is 23.0 Å². The molecule has 0 bridgehead atoms. The van der Waals surface area contributed by atoms with Crippen LogP contribution in [0, 0.1) is 0 Å². The summed E-state index contributed by atoms with van der Waals surface area (Å²) in [4.78, 5) is 14.6. The van der Waals surface area contributed by atoms with Gasteiger partial charge in [0, 0.05) is 6.07 Å². The topological polar surface area (TPSA) is 85.4 Å². The SMILES string of the molecule is Nc1cnc(Oc2cccc(C(F)(F)F)c2)cc1C(=O)O. The highest BCUT2D eigenvalue weighted by atomic mass is 19.4. The average Bonchev–Trinajstić information content (AvgIpc) is 2.40. The summed E-state index contributed by atoms with van der Waals surface area (Å²) in [6, 6.07) is 5.20. The number of aromatic carboxylic acids is 1. The quantitative estimate of drug-likeness (QED) is 0.909. The minimum Gasteiger partial charge on any atom is -0.478 e. The number of ether oxygens (including phenoxy) is 1. The molecule has 2 aromatic rings. The van der Waals surface area contributed by atoms with Gasteiger partial charge in [-0.15, -0.1) is 0 Å². The van der Waals surface area contributed by atoms with Gasteiger partial charge in [0.1, 0.15) is 5.75 Å². The molecule has 0 atom stereocenters. The van der Waals surface area contributed by atoms with Crippen molar-refractivity contribution in [3.05, 3.63) is 47.7 Å². The fourth-order valence-electron chi connectivity index (χ4n) is 1.54. The zero-order valence-electron chi connectivity index (χ0n) is 10.4. The number of nitrogens with zero attached hydrogens (tertiary/aromatic N) is 1. The van der Waals surface area contributed by atoms with Crippen LogP contribution < -0.4 is 10.5 Å². The molecule has 0 saturated heterocycles. The second-order valence-corrected chi connectivity index (χ2v) is 4.04. The van der Waals surface area contributed by atoms with Crippen molar-refractivity contribution < 1.29 is 27.8 Å². The Morgan fingerprint density at radius 1 is 1.29 bits per heavy atom. The lowest BCUT2D eigenvalue weighted by Crippen LogP contribution is -2.05. The number of hydrogen-bond donors (Lipinski definition) is 2. The van der Waals surface area contributed by atoms with Gasteiger partial charge in [0.25, 0.3) is 0 Å². The van der Waals surface area contributed by atoms with E-state index in [9.17, 15) is 18.0 Å². The number of carboxylic acids is 1. The fraction of sp³-hybridized carbons (Fsp3) is 0.0769. The molecule has 110 valence electrons. The summed E-state index contributed by atoms with van der Waals surface area (Å²) in [6.45, 7) is 0. The number of alkyl halides is 3. The summed E-state index contributed by atoms with van der Waals surface area (Å²) >= 11 is 0. The van der Waals surface area contributed by atoms with Crippen molar-refractivity contribution in [2.75, 3.05) is 5.73 Å². The van der Waals surface area contributed by atoms with E-state index in [2.05, 4.69) is 4.98 Å². The molecule has 0 amide bonds. The van der Waals surface area contributed by atoms with E-state index in [-0.39, 0.29) is 22.9 Å². The van der Waals surface area contributed by atoms with Crippen molar-refractivity contribution in [2.24, 2.45) is 0 Å². The first-order valence-electron chi connectivity index (χ1n) is 5.61. The molecule has 3 N–H and O–H groups in total. The van der Waals surface area contributed by atoms with Crippen LogP contribution in [0.1, 0.15) is 15.9 Å². The van der Waals surface area contributed by atoms with E-state index in [4.69, 9.17) is 15.6 Å². The van der Waals surface area contributed by atoms with Gasteiger partial charge in [-0.1, -0.05) is 6.07 Å². The first kappa shape index (κ1) is 14.6. The molecular weight excluding hydrogens is 289 g/mol. The second-order valence-electron chi connectivity index (χ2n) is 4.04. The summed E-state index contributed by atoms with van der Waals surface area (Å²) < 4.78 is 42.8. The van der Waals surface area contributed by atoms with Crippen molar-refractivity contribution in [1.82, 2.24) is 4.98 Å². The number of halogens is 3. The second kappa shape index (κ2) is 5.31. The van der Waals surface area contributed by atoms with Crippen molar-refractivity contribution >= 4 is 11.7 Å². The predicted molar refractivity (Wildman–Crippen MR) is 67.1 cm³/mol. The Kier molecular flexibility index (Phi) is 3.70. The summed E-state index contributed by atoms with van der Waals surface area (Å²) in [5.74, 6) is -1.57. The number of rotatable bonds is 3. The van der Waals surface area contributed by atoms with Gasteiger partial charge < -0.3 is 15.6 Å². The van der Waals surface area contributed by atoms with Crippen LogP contribution >= 0.6 is 0 Å². The number of hydrogen-bond acceptors (Lipinski definition) is 4. The van der Waals surface area contributed by atoms with Crippen molar-refractivity contribution in [3.63, 3.8) is 0 Å². The van der Waals surface area contributed by atoms with E-state index in [0.29, 0.717) is 0 Å². The van der Waals surface area contributed by atoms with Gasteiger partial charge in [-0.05, 0) is 18.2 Å². The summed E-state index contributed by atoms with van der Waals surface area (Å²) in [7, 11) is 0. The number of carboxylic acid groups (broad SMARTS) is 1. The molecule has 0 spiro atoms. The van der Waals surface area contributed by atoms with Crippen molar-refractivity contribution in [3.8, 4) is 11.6 Å². The first-order chi connectivity index (χ1) is 9.77. The Hall–Kier alpha value is -2.77. The Bertz CT molecular complexity index is 687. The highest BCUT2D eigenvalue weighted by Gasteiger charge is 2.30. The van der Waals surface area contributed by atoms with Gasteiger partial charge in [0.2, 0.25) is 5.88 Å². The van der Waals surface area contributed by atoms with E-state index in [1.807, 2.05) is 0 Å². The molecule has 2 rings (SSSR count). The molecule has 0 fully saturated rings. The Morgan fingerprint density at radius 3 is 2.62 bits per heavy atom. The molecule has 0 aliphatic carbocycles. The average molecular weight is 298 g/mol. The summed E-state index contributed by atoms with van der Waals surface area (Å²) in [5.41, 5.74) is 4.22. The van der Waals surface area contributed by atoms with Crippen LogP contribution in [-0.4, -0.2) is 16.1 Å². The zero-order valence-corrected chi connectivity index (χ0v) is 10.4. The molecule has 0 aliphatic rings. The third kappa shape index (κ3) is 3.41. The van der Waals surface area contributed by atoms with E-state index in [1.54, 1.807) is 0 Å². The molecular formula is C13H9F3N2O3. The molecule has 21 heavy (non-hydrogen) atoms. The smallest absolute Gasteiger partial charge is 0.416 e. The van der Waals surface area contributed by atoms with Gasteiger partial charge in [0.15, 0.2) is 0 Å². The minimum atomic E-state index is -4.50. The molecule has 8 heteroatoms. The fourth-order valence-corrected chi connectivity index (χ4v) is 1.54. The Labute approximate surface area is 116 Å². The summed E-state index contributed by atoms with van der Waals surface area (Å²) in [6.07, 6.45) is -3.44. The number of benzene rings is 1. The van der Waals surface area contributed by atoms with Crippen molar-refractivity contribution in [1.29, 1.82) is 0 Å². The third-order valence-electron chi connectivity index (χ3n) is 2.52. The van der Waals surface area contributed by atoms with Crippen LogP contribution in [0.25, 0.3) is 0 Å². The molecule has 0 saturated carbocycles. The van der Waals surface area contributed by atoms with Crippen LogP contribution in [0.3, 0.4) is 0 Å². The van der Waals surface area contributed by atoms with Gasteiger partial charge in [-0.3, -0.25) is 0 Å². The number of anilines is 1. The third-order valence-corrected chi connectivity index (χ3v) is 2.52. The number of carbonyl (C=O) groups is 1. The van der Waals surface area contributed by atoms with Gasteiger partial charge in [-0.2, -0.15) is 13.2 Å². The lowest BCUT2D eigenvalue weighted by molar-refractivity contribution is -0.137. The van der Waals surface area contributed by atoms with Crippen LogP contribution in [0.15, 0.2) is 36.5 Å². The maximum Gasteiger partial charge on any atom is 0.416 e. The monoisotopic (exact) mass is 298 g/mol. The highest BCUT2D eigenvalue weighted by Crippen LogP contribution is 2.32. The largest absolute Gasteiger partial charge is 0.478 e. The molecule has 1 aromatic carbocycles. The summed E-state index contributed by atoms with van der Waals surface area (Å²) in [5, 5.41) is 8.89. The highest BCUT2D eigenvalue weighted by molar-refractivity contribution is 5.93. The van der Waals surface area contributed by atoms with E-state index in [0.717, 1.165) is 24.4 Å². The first-order valence-corrected chi connectivity index (χ1v) is 5.61. The number of pyridine rings is 1. The molecule has 5 nitrogen and oxygen atoms in total. The Balaban J connectivity index is 2.31.